The fraction of sp³-hybridized carbons (Fsp3) is 0.333. The van der Waals surface area contributed by atoms with E-state index in [4.69, 9.17) is 16.3 Å². The average Bonchev–Trinajstić information content (AvgIpc) is 3.51. The number of rotatable bonds is 6. The predicted octanol–water partition coefficient (Wildman–Crippen LogP) is 3.82. The number of nitro groups is 1. The number of nitro benzene ring substituents is 1. The Morgan fingerprint density at radius 3 is 2.35 bits per heavy atom. The summed E-state index contributed by atoms with van der Waals surface area (Å²) < 4.78 is 5.15. The average molecular weight is 483 g/mol. The number of carbonyl (C=O) groups is 4. The maximum Gasteiger partial charge on any atom is 0.340 e. The number of para-hydroxylation sites is 1. The molecule has 34 heavy (non-hydrogen) atoms. The number of fused-ring (bicyclic) bond motifs is 5. The minimum atomic E-state index is -0.881. The summed E-state index contributed by atoms with van der Waals surface area (Å²) in [6.07, 6.45) is 2.77. The second-order valence-electron chi connectivity index (χ2n) is 8.84. The molecule has 3 aliphatic rings. The zero-order valence-corrected chi connectivity index (χ0v) is 18.6. The Morgan fingerprint density at radius 2 is 1.71 bits per heavy atom. The summed E-state index contributed by atoms with van der Waals surface area (Å²) in [5.74, 6) is -2.37. The zero-order valence-electron chi connectivity index (χ0n) is 17.8. The largest absolute Gasteiger partial charge is 0.454 e. The van der Waals surface area contributed by atoms with Crippen molar-refractivity contribution in [1.82, 2.24) is 0 Å². The molecule has 2 saturated carbocycles. The summed E-state index contributed by atoms with van der Waals surface area (Å²) in [5, 5.41) is 10.9. The van der Waals surface area contributed by atoms with Gasteiger partial charge in [0.25, 0.3) is 5.69 Å². The molecule has 0 spiro atoms. The molecule has 2 aromatic rings. The van der Waals surface area contributed by atoms with Crippen LogP contribution in [0.15, 0.2) is 42.5 Å². The number of Topliss-reactive ketones (excluding diaryl/α,β-unsaturated/α-hetero) is 1. The van der Waals surface area contributed by atoms with E-state index in [0.29, 0.717) is 0 Å². The number of ether oxygens (including phenoxy) is 1. The third-order valence-corrected chi connectivity index (χ3v) is 7.41. The molecule has 0 unspecified atom stereocenters. The number of carbonyl (C=O) groups excluding carboxylic acids is 4. The van der Waals surface area contributed by atoms with Crippen LogP contribution in [0.5, 0.6) is 0 Å². The van der Waals surface area contributed by atoms with Crippen LogP contribution in [-0.2, 0) is 14.3 Å². The van der Waals surface area contributed by atoms with Gasteiger partial charge in [0, 0.05) is 11.6 Å². The predicted molar refractivity (Wildman–Crippen MR) is 119 cm³/mol. The van der Waals surface area contributed by atoms with Crippen LogP contribution >= 0.6 is 11.6 Å². The Morgan fingerprint density at radius 1 is 1.06 bits per heavy atom. The van der Waals surface area contributed by atoms with Crippen molar-refractivity contribution in [2.45, 2.75) is 19.3 Å². The van der Waals surface area contributed by atoms with E-state index in [1.54, 1.807) is 12.1 Å². The van der Waals surface area contributed by atoms with Gasteiger partial charge >= 0.3 is 5.97 Å². The van der Waals surface area contributed by atoms with Crippen molar-refractivity contribution < 1.29 is 28.8 Å². The molecule has 0 radical (unpaired) electrons. The topological polar surface area (TPSA) is 124 Å². The number of halogens is 1. The van der Waals surface area contributed by atoms with Crippen LogP contribution in [0.4, 0.5) is 11.4 Å². The van der Waals surface area contributed by atoms with E-state index in [9.17, 15) is 29.3 Å². The second-order valence-corrected chi connectivity index (χ2v) is 9.24. The van der Waals surface area contributed by atoms with Crippen LogP contribution in [0.3, 0.4) is 0 Å². The highest BCUT2D eigenvalue weighted by Gasteiger charge is 2.61. The standard InChI is InChI=1S/C24H19ClN2O7/c25-16-8-7-12(10-18(16)27(32)33)19(28)11-34-24(31)15-3-1-2-4-17(15)26-22(29)20-13-5-6-14(9-13)21(20)23(26)30/h1-4,7-8,10,13-14,20-21H,5-6,9,11H2/t13-,14+,20-,21-/m0/s1. The molecule has 1 aliphatic heterocycles. The molecule has 2 aromatic carbocycles. The number of anilines is 1. The molecular weight excluding hydrogens is 464 g/mol. The van der Waals surface area contributed by atoms with Crippen molar-refractivity contribution in [3.63, 3.8) is 0 Å². The molecule has 1 saturated heterocycles. The van der Waals surface area contributed by atoms with Crippen molar-refractivity contribution in [2.75, 3.05) is 11.5 Å². The fourth-order valence-electron chi connectivity index (χ4n) is 5.61. The van der Waals surface area contributed by atoms with Crippen molar-refractivity contribution in [1.29, 1.82) is 0 Å². The monoisotopic (exact) mass is 482 g/mol. The SMILES string of the molecule is O=C(COC(=O)c1ccccc1N1C(=O)[C@H]2[C@@H]3CC[C@@H](C3)[C@@H]2C1=O)c1ccc(Cl)c([N+](=O)[O-])c1. The van der Waals surface area contributed by atoms with E-state index < -0.39 is 29.0 Å². The minimum absolute atomic E-state index is 0.00796. The van der Waals surface area contributed by atoms with Crippen LogP contribution in [0, 0.1) is 33.8 Å². The Balaban J connectivity index is 1.34. The zero-order chi connectivity index (χ0) is 24.1. The molecule has 2 amide bonds. The first-order chi connectivity index (χ1) is 16.3. The van der Waals surface area contributed by atoms with E-state index in [1.165, 1.54) is 24.3 Å². The first-order valence-corrected chi connectivity index (χ1v) is 11.3. The van der Waals surface area contributed by atoms with E-state index in [2.05, 4.69) is 0 Å². The third-order valence-electron chi connectivity index (χ3n) is 7.09. The highest BCUT2D eigenvalue weighted by Crippen LogP contribution is 2.56. The highest BCUT2D eigenvalue weighted by atomic mass is 35.5. The molecular formula is C24H19ClN2O7. The first-order valence-electron chi connectivity index (χ1n) is 10.9. The van der Waals surface area contributed by atoms with Gasteiger partial charge in [-0.25, -0.2) is 9.69 Å². The van der Waals surface area contributed by atoms with Gasteiger partial charge in [0.05, 0.1) is 28.0 Å². The summed E-state index contributed by atoms with van der Waals surface area (Å²) in [7, 11) is 0. The van der Waals surface area contributed by atoms with Gasteiger partial charge in [0.15, 0.2) is 6.61 Å². The third kappa shape index (κ3) is 3.47. The molecule has 2 aliphatic carbocycles. The number of esters is 1. The van der Waals surface area contributed by atoms with Crippen molar-refractivity contribution >= 4 is 46.5 Å². The molecule has 1 heterocycles. The lowest BCUT2D eigenvalue weighted by Crippen LogP contribution is -2.34. The van der Waals surface area contributed by atoms with Crippen LogP contribution in [0.25, 0.3) is 0 Å². The Labute approximate surface area is 198 Å². The molecule has 2 bridgehead atoms. The van der Waals surface area contributed by atoms with Gasteiger partial charge in [-0.1, -0.05) is 23.7 Å². The first kappa shape index (κ1) is 22.2. The maximum atomic E-state index is 13.2. The molecule has 3 fully saturated rings. The number of imide groups is 1. The van der Waals surface area contributed by atoms with Gasteiger partial charge < -0.3 is 4.74 Å². The lowest BCUT2D eigenvalue weighted by Gasteiger charge is -2.19. The Kier molecular flexibility index (Phi) is 5.44. The number of nitrogens with zero attached hydrogens (tertiary/aromatic N) is 2. The summed E-state index contributed by atoms with van der Waals surface area (Å²) in [6.45, 7) is -0.677. The molecule has 10 heteroatoms. The summed E-state index contributed by atoms with van der Waals surface area (Å²) >= 11 is 5.77. The number of hydrogen-bond donors (Lipinski definition) is 0. The number of hydrogen-bond acceptors (Lipinski definition) is 7. The highest BCUT2D eigenvalue weighted by molar-refractivity contribution is 6.32. The number of ketones is 1. The molecule has 5 rings (SSSR count). The van der Waals surface area contributed by atoms with Crippen LogP contribution < -0.4 is 4.90 Å². The minimum Gasteiger partial charge on any atom is -0.454 e. The summed E-state index contributed by atoms with van der Waals surface area (Å²) in [6, 6.07) is 9.67. The van der Waals surface area contributed by atoms with E-state index in [-0.39, 0.29) is 57.3 Å². The van der Waals surface area contributed by atoms with Gasteiger partial charge in [-0.2, -0.15) is 0 Å². The number of amides is 2. The second kappa shape index (κ2) is 8.32. The lowest BCUT2D eigenvalue weighted by atomic mass is 9.81. The van der Waals surface area contributed by atoms with Crippen molar-refractivity contribution in [3.8, 4) is 0 Å². The van der Waals surface area contributed by atoms with Gasteiger partial charge in [-0.15, -0.1) is 0 Å². The van der Waals surface area contributed by atoms with Crippen LogP contribution in [0.1, 0.15) is 40.0 Å². The molecule has 0 N–H and O–H groups in total. The normalized spacial score (nSPS) is 24.9. The molecule has 0 aromatic heterocycles. The van der Waals surface area contributed by atoms with E-state index in [0.717, 1.165) is 30.2 Å². The van der Waals surface area contributed by atoms with Crippen LogP contribution in [-0.4, -0.2) is 35.1 Å². The van der Waals surface area contributed by atoms with E-state index >= 15 is 0 Å². The van der Waals surface area contributed by atoms with Gasteiger partial charge in [0.2, 0.25) is 17.6 Å². The van der Waals surface area contributed by atoms with Crippen molar-refractivity contribution in [2.24, 2.45) is 23.7 Å². The van der Waals surface area contributed by atoms with Crippen LogP contribution in [0.2, 0.25) is 5.02 Å². The van der Waals surface area contributed by atoms with Gasteiger partial charge in [-0.05, 0) is 55.4 Å². The summed E-state index contributed by atoms with van der Waals surface area (Å²) in [4.78, 5) is 63.0. The summed E-state index contributed by atoms with van der Waals surface area (Å²) in [5.41, 5.74) is -0.336. The lowest BCUT2D eigenvalue weighted by molar-refractivity contribution is -0.384. The Bertz CT molecular complexity index is 1230. The van der Waals surface area contributed by atoms with Crippen molar-refractivity contribution in [3.05, 3.63) is 68.7 Å². The Hall–Kier alpha value is -3.59. The molecule has 174 valence electrons. The van der Waals surface area contributed by atoms with Gasteiger partial charge in [-0.3, -0.25) is 24.5 Å². The maximum absolute atomic E-state index is 13.2. The fourth-order valence-corrected chi connectivity index (χ4v) is 5.79. The quantitative estimate of drug-likeness (QED) is 0.201. The smallest absolute Gasteiger partial charge is 0.340 e. The number of benzene rings is 2. The molecule has 9 nitrogen and oxygen atoms in total. The molecule has 4 atom stereocenters. The van der Waals surface area contributed by atoms with Gasteiger partial charge in [0.1, 0.15) is 5.02 Å². The van der Waals surface area contributed by atoms with E-state index in [1.807, 2.05) is 0 Å².